The average Bonchev–Trinajstić information content (AvgIpc) is 2.68. The van der Waals surface area contributed by atoms with E-state index in [1.54, 1.807) is 6.20 Å². The van der Waals surface area contributed by atoms with Crippen LogP contribution in [0.5, 0.6) is 0 Å². The summed E-state index contributed by atoms with van der Waals surface area (Å²) in [6, 6.07) is 3.88. The number of alkyl halides is 1. The number of hydrogen-bond donors (Lipinski definition) is 0. The van der Waals surface area contributed by atoms with Crippen molar-refractivity contribution < 1.29 is 0 Å². The molecule has 0 aliphatic heterocycles. The summed E-state index contributed by atoms with van der Waals surface area (Å²) in [5, 5.41) is 0.418. The van der Waals surface area contributed by atoms with Crippen molar-refractivity contribution in [1.82, 2.24) is 14.5 Å². The van der Waals surface area contributed by atoms with Crippen LogP contribution in [0.25, 0.3) is 11.2 Å². The Kier molecular flexibility index (Phi) is 3.94. The maximum atomic E-state index is 6.19. The second kappa shape index (κ2) is 5.27. The normalized spacial score (nSPS) is 15.1. The number of fused-ring (bicyclic) bond motifs is 1. The molecule has 0 bridgehead atoms. The summed E-state index contributed by atoms with van der Waals surface area (Å²) in [7, 11) is 0. The van der Waals surface area contributed by atoms with Gasteiger partial charge in [-0.05, 0) is 25.3 Å². The van der Waals surface area contributed by atoms with Crippen molar-refractivity contribution in [3.8, 4) is 0 Å². The number of thioether (sulfide) groups is 1. The van der Waals surface area contributed by atoms with E-state index in [-0.39, 0.29) is 5.38 Å². The first kappa shape index (κ1) is 12.7. The maximum Gasteiger partial charge on any atom is 0.160 e. The highest BCUT2D eigenvalue weighted by Gasteiger charge is 2.16. The van der Waals surface area contributed by atoms with E-state index in [1.165, 1.54) is 0 Å². The summed E-state index contributed by atoms with van der Waals surface area (Å²) in [6.45, 7) is 5.03. The number of pyridine rings is 1. The smallest absolute Gasteiger partial charge is 0.160 e. The van der Waals surface area contributed by atoms with Crippen LogP contribution in [-0.4, -0.2) is 26.0 Å². The molecule has 0 saturated heterocycles. The van der Waals surface area contributed by atoms with Gasteiger partial charge < -0.3 is 4.57 Å². The Balaban J connectivity index is 2.52. The molecule has 0 spiro atoms. The van der Waals surface area contributed by atoms with Crippen LogP contribution in [-0.2, 0) is 6.54 Å². The Labute approximate surface area is 111 Å². The van der Waals surface area contributed by atoms with E-state index in [4.69, 9.17) is 11.6 Å². The molecular weight excluding hydrogens is 254 g/mol. The minimum Gasteiger partial charge on any atom is -0.310 e. The van der Waals surface area contributed by atoms with Gasteiger partial charge in [-0.15, -0.1) is 11.6 Å². The number of rotatable bonds is 4. The molecule has 2 aromatic rings. The number of nitrogens with zero attached hydrogens (tertiary/aromatic N) is 3. The van der Waals surface area contributed by atoms with Crippen LogP contribution >= 0.6 is 23.4 Å². The first-order valence-corrected chi connectivity index (χ1v) is 7.34. The van der Waals surface area contributed by atoms with Crippen molar-refractivity contribution in [3.63, 3.8) is 0 Å². The van der Waals surface area contributed by atoms with E-state index in [0.717, 1.165) is 23.5 Å². The van der Waals surface area contributed by atoms with E-state index in [9.17, 15) is 0 Å². The molecule has 0 aromatic carbocycles. The lowest BCUT2D eigenvalue weighted by molar-refractivity contribution is 0.660. The van der Waals surface area contributed by atoms with E-state index < -0.39 is 0 Å². The Bertz CT molecular complexity index is 509. The van der Waals surface area contributed by atoms with Gasteiger partial charge in [0.1, 0.15) is 11.3 Å². The highest BCUT2D eigenvalue weighted by Crippen LogP contribution is 2.24. The molecule has 0 radical (unpaired) electrons. The van der Waals surface area contributed by atoms with Crippen molar-refractivity contribution in [3.05, 3.63) is 24.2 Å². The first-order valence-electron chi connectivity index (χ1n) is 5.61. The monoisotopic (exact) mass is 269 g/mol. The van der Waals surface area contributed by atoms with Gasteiger partial charge in [-0.3, -0.25) is 0 Å². The fourth-order valence-electron chi connectivity index (χ4n) is 1.79. The molecule has 0 N–H and O–H groups in total. The minimum atomic E-state index is -0.0988. The average molecular weight is 270 g/mol. The minimum absolute atomic E-state index is 0.0988. The fourth-order valence-corrected chi connectivity index (χ4v) is 2.26. The standard InChI is InChI=1S/C12H16ClN3S/c1-8(17-3)7-16-11(9(2)13)15-10-5-4-6-14-12(10)16/h4-6,8-9H,7H2,1-3H3. The number of hydrogen-bond acceptors (Lipinski definition) is 3. The molecule has 92 valence electrons. The SMILES string of the molecule is CSC(C)Cn1c(C(C)Cl)nc2cccnc21. The van der Waals surface area contributed by atoms with Crippen molar-refractivity contribution in [2.24, 2.45) is 0 Å². The lowest BCUT2D eigenvalue weighted by Crippen LogP contribution is -2.13. The molecule has 0 amide bonds. The zero-order valence-corrected chi connectivity index (χ0v) is 11.8. The summed E-state index contributed by atoms with van der Waals surface area (Å²) in [5.41, 5.74) is 1.85. The Hall–Kier alpha value is -0.740. The fraction of sp³-hybridized carbons (Fsp3) is 0.500. The van der Waals surface area contributed by atoms with Gasteiger partial charge in [0.05, 0.1) is 5.38 Å². The van der Waals surface area contributed by atoms with Gasteiger partial charge in [0.25, 0.3) is 0 Å². The van der Waals surface area contributed by atoms with E-state index >= 15 is 0 Å². The molecule has 0 aliphatic rings. The van der Waals surface area contributed by atoms with Crippen LogP contribution in [0.3, 0.4) is 0 Å². The highest BCUT2D eigenvalue weighted by molar-refractivity contribution is 7.99. The molecule has 2 atom stereocenters. The van der Waals surface area contributed by atoms with Crippen LogP contribution < -0.4 is 0 Å². The molecule has 17 heavy (non-hydrogen) atoms. The van der Waals surface area contributed by atoms with Gasteiger partial charge in [-0.2, -0.15) is 11.8 Å². The molecule has 0 fully saturated rings. The topological polar surface area (TPSA) is 30.7 Å². The highest BCUT2D eigenvalue weighted by atomic mass is 35.5. The van der Waals surface area contributed by atoms with Crippen molar-refractivity contribution >= 4 is 34.5 Å². The predicted molar refractivity (Wildman–Crippen MR) is 74.8 cm³/mol. The van der Waals surface area contributed by atoms with Gasteiger partial charge in [0.15, 0.2) is 5.65 Å². The Morgan fingerprint density at radius 2 is 2.24 bits per heavy atom. The van der Waals surface area contributed by atoms with Gasteiger partial charge in [-0.1, -0.05) is 6.92 Å². The van der Waals surface area contributed by atoms with Crippen molar-refractivity contribution in [2.75, 3.05) is 6.26 Å². The molecule has 2 aromatic heterocycles. The van der Waals surface area contributed by atoms with Gasteiger partial charge in [0.2, 0.25) is 0 Å². The van der Waals surface area contributed by atoms with Crippen molar-refractivity contribution in [1.29, 1.82) is 0 Å². The molecule has 2 rings (SSSR count). The third kappa shape index (κ3) is 2.58. The van der Waals surface area contributed by atoms with Crippen LogP contribution in [0.1, 0.15) is 25.0 Å². The second-order valence-corrected chi connectivity index (χ2v) is 6.02. The third-order valence-electron chi connectivity index (χ3n) is 2.73. The number of imidazole rings is 1. The lowest BCUT2D eigenvalue weighted by atomic mass is 10.4. The second-order valence-electron chi connectivity index (χ2n) is 4.09. The zero-order chi connectivity index (χ0) is 12.4. The predicted octanol–water partition coefficient (Wildman–Crippen LogP) is 3.48. The lowest BCUT2D eigenvalue weighted by Gasteiger charge is -2.13. The van der Waals surface area contributed by atoms with Gasteiger partial charge in [-0.25, -0.2) is 9.97 Å². The number of aromatic nitrogens is 3. The van der Waals surface area contributed by atoms with Crippen LogP contribution in [0.15, 0.2) is 18.3 Å². The van der Waals surface area contributed by atoms with Gasteiger partial charge in [0, 0.05) is 18.0 Å². The molecule has 0 saturated carbocycles. The molecular formula is C12H16ClN3S. The number of halogens is 1. The summed E-state index contributed by atoms with van der Waals surface area (Å²) < 4.78 is 2.13. The summed E-state index contributed by atoms with van der Waals surface area (Å²) in [6.07, 6.45) is 3.91. The van der Waals surface area contributed by atoms with E-state index in [1.807, 2.05) is 30.8 Å². The quantitative estimate of drug-likeness (QED) is 0.796. The molecule has 5 heteroatoms. The maximum absolute atomic E-state index is 6.19. The largest absolute Gasteiger partial charge is 0.310 e. The van der Waals surface area contributed by atoms with Crippen LogP contribution in [0.4, 0.5) is 0 Å². The molecule has 2 unspecified atom stereocenters. The van der Waals surface area contributed by atoms with E-state index in [2.05, 4.69) is 27.7 Å². The third-order valence-corrected chi connectivity index (χ3v) is 3.88. The molecule has 3 nitrogen and oxygen atoms in total. The summed E-state index contributed by atoms with van der Waals surface area (Å²) in [5.74, 6) is 0.904. The summed E-state index contributed by atoms with van der Waals surface area (Å²) in [4.78, 5) is 8.96. The zero-order valence-electron chi connectivity index (χ0n) is 10.2. The van der Waals surface area contributed by atoms with Gasteiger partial charge >= 0.3 is 0 Å². The summed E-state index contributed by atoms with van der Waals surface area (Å²) >= 11 is 8.02. The van der Waals surface area contributed by atoms with Crippen molar-refractivity contribution in [2.45, 2.75) is 31.0 Å². The Morgan fingerprint density at radius 3 is 2.88 bits per heavy atom. The van der Waals surface area contributed by atoms with E-state index in [0.29, 0.717) is 5.25 Å². The van der Waals surface area contributed by atoms with Crippen LogP contribution in [0, 0.1) is 0 Å². The molecule has 0 aliphatic carbocycles. The van der Waals surface area contributed by atoms with Crippen LogP contribution in [0.2, 0.25) is 0 Å². The molecule has 2 heterocycles. The first-order chi connectivity index (χ1) is 8.13. The Morgan fingerprint density at radius 1 is 1.47 bits per heavy atom.